The zero-order chi connectivity index (χ0) is 16.7. The molecule has 0 aliphatic rings. The van der Waals surface area contributed by atoms with E-state index in [9.17, 15) is 14.9 Å². The molecular weight excluding hydrogens is 284 g/mol. The Hall–Kier alpha value is -2.11. The number of hydrogen-bond acceptors (Lipinski definition) is 4. The molecule has 1 aromatic carbocycles. The van der Waals surface area contributed by atoms with Crippen LogP contribution in [0.25, 0.3) is 0 Å². The summed E-state index contributed by atoms with van der Waals surface area (Å²) in [5.74, 6) is 0.487. The van der Waals surface area contributed by atoms with Crippen molar-refractivity contribution in [3.05, 3.63) is 33.9 Å². The van der Waals surface area contributed by atoms with Gasteiger partial charge in [0.2, 0.25) is 0 Å². The molecule has 0 spiro atoms. The number of nitrogens with one attached hydrogen (secondary N) is 1. The predicted molar refractivity (Wildman–Crippen MR) is 85.3 cm³/mol. The summed E-state index contributed by atoms with van der Waals surface area (Å²) < 4.78 is 4.92. The smallest absolute Gasteiger partial charge is 0.311 e. The van der Waals surface area contributed by atoms with Crippen LogP contribution in [0.4, 0.5) is 5.69 Å². The Morgan fingerprint density at radius 1 is 1.32 bits per heavy atom. The predicted octanol–water partition coefficient (Wildman–Crippen LogP) is 3.55. The first-order chi connectivity index (χ1) is 10.3. The van der Waals surface area contributed by atoms with Crippen molar-refractivity contribution < 1.29 is 14.5 Å². The van der Waals surface area contributed by atoms with Crippen LogP contribution in [0, 0.1) is 16.0 Å². The average molecular weight is 308 g/mol. The molecule has 1 rings (SSSR count). The van der Waals surface area contributed by atoms with E-state index in [1.807, 2.05) is 6.92 Å². The van der Waals surface area contributed by atoms with Crippen molar-refractivity contribution in [2.75, 3.05) is 7.11 Å². The highest BCUT2D eigenvalue weighted by atomic mass is 16.6. The number of rotatable bonds is 8. The number of carbonyl (C=O) groups excluding carboxylic acids is 1. The lowest BCUT2D eigenvalue weighted by molar-refractivity contribution is -0.385. The summed E-state index contributed by atoms with van der Waals surface area (Å²) in [6.07, 6.45) is 3.05. The van der Waals surface area contributed by atoms with Gasteiger partial charge < -0.3 is 10.1 Å². The number of benzene rings is 1. The summed E-state index contributed by atoms with van der Waals surface area (Å²) in [6, 6.07) is 4.25. The number of ether oxygens (including phenoxy) is 1. The maximum Gasteiger partial charge on any atom is 0.311 e. The standard InChI is InChI=1S/C16H24N2O4/c1-11(2)6-5-7-12(3)17-16(19)13-8-9-15(22-4)14(10-13)18(20)21/h8-12H,5-7H2,1-4H3,(H,17,19). The molecule has 122 valence electrons. The zero-order valence-electron chi connectivity index (χ0n) is 13.6. The van der Waals surface area contributed by atoms with E-state index in [-0.39, 0.29) is 28.9 Å². The van der Waals surface area contributed by atoms with E-state index in [1.165, 1.54) is 25.3 Å². The van der Waals surface area contributed by atoms with Crippen molar-refractivity contribution in [2.24, 2.45) is 5.92 Å². The van der Waals surface area contributed by atoms with Crippen LogP contribution in [0.2, 0.25) is 0 Å². The Bertz CT molecular complexity index is 529. The van der Waals surface area contributed by atoms with Crippen molar-refractivity contribution in [2.45, 2.75) is 46.1 Å². The lowest BCUT2D eigenvalue weighted by Gasteiger charge is -2.14. The molecule has 0 saturated heterocycles. The van der Waals surface area contributed by atoms with E-state index in [0.29, 0.717) is 5.92 Å². The lowest BCUT2D eigenvalue weighted by Crippen LogP contribution is -2.32. The third kappa shape index (κ3) is 5.35. The average Bonchev–Trinajstić information content (AvgIpc) is 2.45. The molecule has 0 radical (unpaired) electrons. The summed E-state index contributed by atoms with van der Waals surface area (Å²) >= 11 is 0. The van der Waals surface area contributed by atoms with Crippen molar-refractivity contribution in [3.8, 4) is 5.75 Å². The van der Waals surface area contributed by atoms with Gasteiger partial charge in [-0.25, -0.2) is 0 Å². The number of methoxy groups -OCH3 is 1. The summed E-state index contributed by atoms with van der Waals surface area (Å²) in [5.41, 5.74) is 0.0609. The van der Waals surface area contributed by atoms with E-state index in [2.05, 4.69) is 19.2 Å². The molecule has 1 atom stereocenters. The zero-order valence-corrected chi connectivity index (χ0v) is 13.6. The van der Waals surface area contributed by atoms with Crippen molar-refractivity contribution in [3.63, 3.8) is 0 Å². The summed E-state index contributed by atoms with van der Waals surface area (Å²) in [5, 5.41) is 13.8. The van der Waals surface area contributed by atoms with Gasteiger partial charge in [0, 0.05) is 17.7 Å². The van der Waals surface area contributed by atoms with Crippen LogP contribution in [0.3, 0.4) is 0 Å². The maximum absolute atomic E-state index is 12.2. The minimum absolute atomic E-state index is 0.0346. The van der Waals surface area contributed by atoms with Crippen LogP contribution >= 0.6 is 0 Å². The highest BCUT2D eigenvalue weighted by Crippen LogP contribution is 2.27. The Kier molecular flexibility index (Phi) is 6.82. The molecule has 6 heteroatoms. The summed E-state index contributed by atoms with van der Waals surface area (Å²) in [6.45, 7) is 6.27. The third-order valence-corrected chi connectivity index (χ3v) is 3.43. The second-order valence-corrected chi connectivity index (χ2v) is 5.84. The first-order valence-electron chi connectivity index (χ1n) is 7.48. The van der Waals surface area contributed by atoms with Gasteiger partial charge in [-0.05, 0) is 31.4 Å². The minimum Gasteiger partial charge on any atom is -0.490 e. The quantitative estimate of drug-likeness (QED) is 0.588. The Morgan fingerprint density at radius 3 is 2.55 bits per heavy atom. The minimum atomic E-state index is -0.554. The van der Waals surface area contributed by atoms with Gasteiger partial charge in [-0.15, -0.1) is 0 Å². The molecular formula is C16H24N2O4. The summed E-state index contributed by atoms with van der Waals surface area (Å²) in [4.78, 5) is 22.6. The first kappa shape index (κ1) is 17.9. The number of nitrogens with zero attached hydrogens (tertiary/aromatic N) is 1. The topological polar surface area (TPSA) is 81.5 Å². The molecule has 0 aliphatic carbocycles. The van der Waals surface area contributed by atoms with E-state index in [1.54, 1.807) is 0 Å². The first-order valence-corrected chi connectivity index (χ1v) is 7.48. The molecule has 1 unspecified atom stereocenters. The molecule has 1 aromatic rings. The number of carbonyl (C=O) groups is 1. The SMILES string of the molecule is COc1ccc(C(=O)NC(C)CCCC(C)C)cc1[N+](=O)[O-]. The monoisotopic (exact) mass is 308 g/mol. The molecule has 22 heavy (non-hydrogen) atoms. The molecule has 0 saturated carbocycles. The van der Waals surface area contributed by atoms with E-state index < -0.39 is 4.92 Å². The van der Waals surface area contributed by atoms with Gasteiger partial charge in [0.1, 0.15) is 0 Å². The molecule has 1 N–H and O–H groups in total. The largest absolute Gasteiger partial charge is 0.490 e. The van der Waals surface area contributed by atoms with Gasteiger partial charge in [0.05, 0.1) is 12.0 Å². The van der Waals surface area contributed by atoms with Crippen LogP contribution < -0.4 is 10.1 Å². The Morgan fingerprint density at radius 2 is 2.00 bits per heavy atom. The molecule has 6 nitrogen and oxygen atoms in total. The molecule has 0 heterocycles. The van der Waals surface area contributed by atoms with Crippen LogP contribution in [0.15, 0.2) is 18.2 Å². The van der Waals surface area contributed by atoms with Crippen molar-refractivity contribution in [1.82, 2.24) is 5.32 Å². The highest BCUT2D eigenvalue weighted by Gasteiger charge is 2.18. The van der Waals surface area contributed by atoms with E-state index >= 15 is 0 Å². The van der Waals surface area contributed by atoms with Crippen LogP contribution in [-0.4, -0.2) is 24.0 Å². The van der Waals surface area contributed by atoms with Gasteiger partial charge in [0.15, 0.2) is 5.75 Å². The second-order valence-electron chi connectivity index (χ2n) is 5.84. The van der Waals surface area contributed by atoms with Gasteiger partial charge in [-0.3, -0.25) is 14.9 Å². The van der Waals surface area contributed by atoms with Crippen LogP contribution in [0.5, 0.6) is 5.75 Å². The van der Waals surface area contributed by atoms with Gasteiger partial charge >= 0.3 is 5.69 Å². The van der Waals surface area contributed by atoms with E-state index in [0.717, 1.165) is 19.3 Å². The fraction of sp³-hybridized carbons (Fsp3) is 0.562. The number of hydrogen-bond donors (Lipinski definition) is 1. The summed E-state index contributed by atoms with van der Waals surface area (Å²) in [7, 11) is 1.36. The van der Waals surface area contributed by atoms with Crippen molar-refractivity contribution >= 4 is 11.6 Å². The third-order valence-electron chi connectivity index (χ3n) is 3.43. The second kappa shape index (κ2) is 8.36. The normalized spacial score (nSPS) is 12.0. The number of nitro groups is 1. The molecule has 0 fully saturated rings. The molecule has 1 amide bonds. The Balaban J connectivity index is 2.69. The van der Waals surface area contributed by atoms with Crippen LogP contribution in [-0.2, 0) is 0 Å². The lowest BCUT2D eigenvalue weighted by atomic mass is 10.0. The highest BCUT2D eigenvalue weighted by molar-refractivity contribution is 5.95. The van der Waals surface area contributed by atoms with Gasteiger partial charge in [0.25, 0.3) is 5.91 Å². The van der Waals surface area contributed by atoms with Gasteiger partial charge in [-0.1, -0.05) is 26.7 Å². The van der Waals surface area contributed by atoms with E-state index in [4.69, 9.17) is 4.74 Å². The molecule has 0 bridgehead atoms. The van der Waals surface area contributed by atoms with Crippen LogP contribution in [0.1, 0.15) is 50.4 Å². The number of amides is 1. The maximum atomic E-state index is 12.2. The van der Waals surface area contributed by atoms with Gasteiger partial charge in [-0.2, -0.15) is 0 Å². The fourth-order valence-corrected chi connectivity index (χ4v) is 2.19. The molecule has 0 aliphatic heterocycles. The molecule has 0 aromatic heterocycles. The fourth-order valence-electron chi connectivity index (χ4n) is 2.19. The van der Waals surface area contributed by atoms with Crippen molar-refractivity contribution in [1.29, 1.82) is 0 Å². The Labute approximate surface area is 131 Å². The number of nitro benzene ring substituents is 1.